The van der Waals surface area contributed by atoms with E-state index in [1.165, 1.54) is 27.9 Å². The molecule has 2 aliphatic rings. The van der Waals surface area contributed by atoms with E-state index in [1.54, 1.807) is 17.0 Å². The third kappa shape index (κ3) is 5.59. The van der Waals surface area contributed by atoms with Crippen LogP contribution < -0.4 is 15.2 Å². The molecule has 0 bridgehead atoms. The van der Waals surface area contributed by atoms with E-state index in [2.05, 4.69) is 9.88 Å². The van der Waals surface area contributed by atoms with Gasteiger partial charge in [0.25, 0.3) is 0 Å². The number of hydrogen-bond donors (Lipinski definition) is 1. The second-order valence-corrected chi connectivity index (χ2v) is 11.3. The van der Waals surface area contributed by atoms with Crippen molar-refractivity contribution < 1.29 is 27.5 Å². The molecule has 8 nitrogen and oxygen atoms in total. The van der Waals surface area contributed by atoms with Crippen LogP contribution in [0, 0.1) is 5.82 Å². The number of halogens is 5. The Bertz CT molecular complexity index is 1780. The van der Waals surface area contributed by atoms with Crippen LogP contribution in [0.25, 0.3) is 16.6 Å². The molecule has 2 aliphatic heterocycles. The van der Waals surface area contributed by atoms with Crippen LogP contribution >= 0.6 is 11.6 Å². The second kappa shape index (κ2) is 11.7. The zero-order valence-corrected chi connectivity index (χ0v) is 24.2. The smallest absolute Gasteiger partial charge is 0.419 e. The van der Waals surface area contributed by atoms with Crippen molar-refractivity contribution in [2.45, 2.75) is 25.6 Å². The lowest BCUT2D eigenvalue weighted by Crippen LogP contribution is -2.47. The zero-order chi connectivity index (χ0) is 31.2. The summed E-state index contributed by atoms with van der Waals surface area (Å²) in [6.07, 6.45) is 0.209. The number of carboxylic acid groups (broad SMARTS) is 1. The molecular weight excluding hydrogens is 602 g/mol. The number of aromatic carboxylic acids is 1. The second-order valence-electron chi connectivity index (χ2n) is 11.0. The summed E-state index contributed by atoms with van der Waals surface area (Å²) in [6, 6.07) is 10.6. The Balaban J connectivity index is 1.37. The normalized spacial score (nSPS) is 16.2. The maximum Gasteiger partial charge on any atom is 0.419 e. The molecule has 4 heterocycles. The Morgan fingerprint density at radius 3 is 2.27 bits per heavy atom. The molecule has 13 heteroatoms. The summed E-state index contributed by atoms with van der Waals surface area (Å²) >= 11 is 6.85. The molecule has 0 unspecified atom stereocenters. The maximum absolute atomic E-state index is 15.7. The number of carboxylic acids is 1. The predicted octanol–water partition coefficient (Wildman–Crippen LogP) is 5.82. The highest BCUT2D eigenvalue weighted by Crippen LogP contribution is 2.39. The predicted molar refractivity (Wildman–Crippen MR) is 160 cm³/mol. The first kappa shape index (κ1) is 29.9. The average molecular weight is 630 g/mol. The van der Waals surface area contributed by atoms with Gasteiger partial charge in [0.05, 0.1) is 27.2 Å². The van der Waals surface area contributed by atoms with Crippen molar-refractivity contribution in [3.8, 4) is 5.69 Å². The van der Waals surface area contributed by atoms with Crippen molar-refractivity contribution in [3.63, 3.8) is 0 Å². The van der Waals surface area contributed by atoms with Crippen LogP contribution in [-0.2, 0) is 12.7 Å². The molecule has 0 aliphatic carbocycles. The molecule has 2 aromatic carbocycles. The van der Waals surface area contributed by atoms with Crippen LogP contribution in [0.5, 0.6) is 0 Å². The molecule has 0 saturated carbocycles. The van der Waals surface area contributed by atoms with E-state index in [-0.39, 0.29) is 53.6 Å². The molecule has 0 amide bonds. The number of alkyl halides is 3. The number of nitrogens with zero attached hydrogens (tertiary/aromatic N) is 5. The zero-order valence-electron chi connectivity index (χ0n) is 23.4. The monoisotopic (exact) mass is 629 g/mol. The summed E-state index contributed by atoms with van der Waals surface area (Å²) in [7, 11) is 0. The number of anilines is 2. The molecular formula is C31H28ClF4N5O3. The van der Waals surface area contributed by atoms with Gasteiger partial charge < -0.3 is 19.5 Å². The first-order valence-corrected chi connectivity index (χ1v) is 14.5. The lowest BCUT2D eigenvalue weighted by Gasteiger charge is -2.38. The Morgan fingerprint density at radius 1 is 0.977 bits per heavy atom. The third-order valence-corrected chi connectivity index (χ3v) is 8.55. The van der Waals surface area contributed by atoms with Crippen molar-refractivity contribution in [2.24, 2.45) is 0 Å². The number of fused-ring (bicyclic) bond motifs is 1. The van der Waals surface area contributed by atoms with Crippen LogP contribution in [0.3, 0.4) is 0 Å². The summed E-state index contributed by atoms with van der Waals surface area (Å²) < 4.78 is 57.9. The summed E-state index contributed by atoms with van der Waals surface area (Å²) in [5.74, 6) is -2.49. The van der Waals surface area contributed by atoms with Crippen molar-refractivity contribution >= 4 is 40.0 Å². The third-order valence-electron chi connectivity index (χ3n) is 8.19. The van der Waals surface area contributed by atoms with E-state index in [1.807, 2.05) is 12.1 Å². The van der Waals surface area contributed by atoms with Gasteiger partial charge in [-0.15, -0.1) is 0 Å². The Labute approximate surface area is 254 Å². The highest BCUT2D eigenvalue weighted by molar-refractivity contribution is 6.38. The lowest BCUT2D eigenvalue weighted by atomic mass is 10.1. The fourth-order valence-electron chi connectivity index (χ4n) is 6.02. The van der Waals surface area contributed by atoms with E-state index in [0.717, 1.165) is 50.2 Å². The van der Waals surface area contributed by atoms with Gasteiger partial charge in [-0.25, -0.2) is 14.2 Å². The number of piperazine rings is 1. The highest BCUT2D eigenvalue weighted by Gasteiger charge is 2.36. The van der Waals surface area contributed by atoms with Crippen molar-refractivity contribution in [1.82, 2.24) is 14.5 Å². The summed E-state index contributed by atoms with van der Waals surface area (Å²) in [5.41, 5.74) is -0.547. The Morgan fingerprint density at radius 2 is 1.64 bits per heavy atom. The number of likely N-dealkylation sites (tertiary alicyclic amines) is 1. The molecule has 230 valence electrons. The summed E-state index contributed by atoms with van der Waals surface area (Å²) in [6.45, 7) is 3.29. The number of aromatic nitrogens is 2. The Hall–Kier alpha value is -4.16. The number of hydrogen-bond acceptors (Lipinski definition) is 6. The minimum absolute atomic E-state index is 0.0160. The van der Waals surface area contributed by atoms with E-state index in [0.29, 0.717) is 5.69 Å². The minimum Gasteiger partial charge on any atom is -0.477 e. The van der Waals surface area contributed by atoms with Gasteiger partial charge in [0, 0.05) is 50.8 Å². The van der Waals surface area contributed by atoms with Gasteiger partial charge in [0.1, 0.15) is 17.2 Å². The molecule has 6 rings (SSSR count). The SMILES string of the molecule is O=C(O)c1cn(-c2ccc(CN3CCCC3)cc2)c2c(Cl)c(N3CCN(c4ncccc4C(F)(F)F)CC3)c(F)cc2c1=O. The first-order chi connectivity index (χ1) is 21.0. The molecule has 44 heavy (non-hydrogen) atoms. The summed E-state index contributed by atoms with van der Waals surface area (Å²) in [4.78, 5) is 34.5. The van der Waals surface area contributed by atoms with Crippen LogP contribution in [0.15, 0.2) is 59.7 Å². The van der Waals surface area contributed by atoms with Crippen LogP contribution in [0.2, 0.25) is 5.02 Å². The van der Waals surface area contributed by atoms with Crippen LogP contribution in [0.4, 0.5) is 29.1 Å². The summed E-state index contributed by atoms with van der Waals surface area (Å²) in [5, 5.41) is 9.46. The molecule has 1 N–H and O–H groups in total. The van der Waals surface area contributed by atoms with Gasteiger partial charge in [-0.1, -0.05) is 23.7 Å². The first-order valence-electron chi connectivity index (χ1n) is 14.2. The van der Waals surface area contributed by atoms with Crippen molar-refractivity contribution in [1.29, 1.82) is 0 Å². The number of pyridine rings is 2. The quantitative estimate of drug-likeness (QED) is 0.269. The van der Waals surface area contributed by atoms with Gasteiger partial charge in [-0.3, -0.25) is 9.69 Å². The van der Waals surface area contributed by atoms with Crippen molar-refractivity contribution in [3.05, 3.63) is 92.6 Å². The fraction of sp³-hybridized carbons (Fsp3) is 0.323. The van der Waals surface area contributed by atoms with Gasteiger partial charge >= 0.3 is 12.1 Å². The number of rotatable bonds is 6. The van der Waals surface area contributed by atoms with E-state index in [4.69, 9.17) is 11.6 Å². The maximum atomic E-state index is 15.7. The Kier molecular flexibility index (Phi) is 7.97. The molecule has 2 fully saturated rings. The lowest BCUT2D eigenvalue weighted by molar-refractivity contribution is -0.137. The molecule has 4 aromatic rings. The van der Waals surface area contributed by atoms with Gasteiger partial charge in [0.15, 0.2) is 0 Å². The average Bonchev–Trinajstić information content (AvgIpc) is 3.51. The van der Waals surface area contributed by atoms with E-state index < -0.39 is 34.5 Å². The molecule has 2 aromatic heterocycles. The minimum atomic E-state index is -4.58. The molecule has 0 atom stereocenters. The highest BCUT2D eigenvalue weighted by atomic mass is 35.5. The molecule has 0 radical (unpaired) electrons. The fourth-order valence-corrected chi connectivity index (χ4v) is 6.43. The van der Waals surface area contributed by atoms with Crippen LogP contribution in [0.1, 0.15) is 34.3 Å². The van der Waals surface area contributed by atoms with Crippen molar-refractivity contribution in [2.75, 3.05) is 49.1 Å². The standard InChI is InChI=1S/C31H28ClF4N5O3/c32-25-26-21(16-24(33)27(25)39-12-14-40(15-13-39)29-23(31(34,35)36)4-3-9-37-29)28(42)22(30(43)44)18-41(26)20-7-5-19(6-8-20)17-38-10-1-2-11-38/h3-9,16,18H,1-2,10-15,17H2,(H,43,44). The molecule has 2 saturated heterocycles. The van der Waals surface area contributed by atoms with Crippen LogP contribution in [-0.4, -0.2) is 64.8 Å². The number of carbonyl (C=O) groups is 1. The van der Waals surface area contributed by atoms with E-state index in [9.17, 15) is 27.9 Å². The van der Waals surface area contributed by atoms with Gasteiger partial charge in [-0.2, -0.15) is 13.2 Å². The van der Waals surface area contributed by atoms with Gasteiger partial charge in [-0.05, 0) is 61.8 Å². The van der Waals surface area contributed by atoms with E-state index >= 15 is 4.39 Å². The van der Waals surface area contributed by atoms with Gasteiger partial charge in [0.2, 0.25) is 5.43 Å². The molecule has 0 spiro atoms. The number of benzene rings is 2. The topological polar surface area (TPSA) is 81.9 Å². The largest absolute Gasteiger partial charge is 0.477 e.